The number of esters is 1. The fourth-order valence-electron chi connectivity index (χ4n) is 2.10. The zero-order chi connectivity index (χ0) is 18.2. The molecule has 0 spiro atoms. The van der Waals surface area contributed by atoms with Gasteiger partial charge >= 0.3 is 5.97 Å². The van der Waals surface area contributed by atoms with Crippen LogP contribution < -0.4 is 15.4 Å². The third-order valence-corrected chi connectivity index (χ3v) is 3.13. The summed E-state index contributed by atoms with van der Waals surface area (Å²) in [6.07, 6.45) is 0. The Hall–Kier alpha value is -3.35. The highest BCUT2D eigenvalue weighted by Crippen LogP contribution is 2.18. The normalized spacial score (nSPS) is 9.84. The number of nitrogens with one attached hydrogen (secondary N) is 2. The Morgan fingerprint density at radius 1 is 0.960 bits per heavy atom. The Morgan fingerprint density at radius 3 is 2.32 bits per heavy atom. The number of ether oxygens (including phenoxy) is 2. The largest absolute Gasteiger partial charge is 0.496 e. The van der Waals surface area contributed by atoms with Gasteiger partial charge in [-0.3, -0.25) is 9.59 Å². The number of benzene rings is 2. The molecular weight excluding hydrogens is 324 g/mol. The topological polar surface area (TPSA) is 93.7 Å². The van der Waals surface area contributed by atoms with Crippen molar-refractivity contribution in [1.82, 2.24) is 0 Å². The molecule has 7 heteroatoms. The van der Waals surface area contributed by atoms with Crippen LogP contribution in [-0.4, -0.2) is 31.5 Å². The highest BCUT2D eigenvalue weighted by Gasteiger charge is 2.14. The second-order valence-electron chi connectivity index (χ2n) is 5.09. The summed E-state index contributed by atoms with van der Waals surface area (Å²) < 4.78 is 10.1. The minimum Gasteiger partial charge on any atom is -0.496 e. The maximum atomic E-state index is 12.0. The molecule has 2 aromatic carbocycles. The van der Waals surface area contributed by atoms with Crippen LogP contribution in [0.3, 0.4) is 0 Å². The highest BCUT2D eigenvalue weighted by molar-refractivity contribution is 5.97. The second kappa shape index (κ2) is 8.49. The van der Waals surface area contributed by atoms with Crippen molar-refractivity contribution in [3.63, 3.8) is 0 Å². The number of rotatable bonds is 6. The van der Waals surface area contributed by atoms with E-state index in [1.54, 1.807) is 48.5 Å². The molecule has 0 aromatic heterocycles. The predicted molar refractivity (Wildman–Crippen MR) is 92.7 cm³/mol. The summed E-state index contributed by atoms with van der Waals surface area (Å²) >= 11 is 0. The van der Waals surface area contributed by atoms with Crippen LogP contribution in [0.15, 0.2) is 48.5 Å². The molecule has 0 unspecified atom stereocenters. The first-order chi connectivity index (χ1) is 12.0. The number of anilines is 2. The van der Waals surface area contributed by atoms with Crippen molar-refractivity contribution in [2.45, 2.75) is 6.92 Å². The van der Waals surface area contributed by atoms with Crippen LogP contribution in [0.5, 0.6) is 5.75 Å². The first kappa shape index (κ1) is 18.0. The van der Waals surface area contributed by atoms with Crippen LogP contribution in [0.1, 0.15) is 17.3 Å². The van der Waals surface area contributed by atoms with Gasteiger partial charge in [0.2, 0.25) is 5.91 Å². The summed E-state index contributed by atoms with van der Waals surface area (Å²) in [5.74, 6) is -0.993. The van der Waals surface area contributed by atoms with Gasteiger partial charge in [-0.2, -0.15) is 0 Å². The van der Waals surface area contributed by atoms with Crippen molar-refractivity contribution in [3.8, 4) is 5.75 Å². The van der Waals surface area contributed by atoms with Crippen LogP contribution >= 0.6 is 0 Å². The standard InChI is InChI=1S/C18H18N2O5/c1-12(21)19-13-6-5-7-14(10-13)20-17(22)11-25-18(23)15-8-3-4-9-16(15)24-2/h3-10H,11H2,1-2H3,(H,19,21)(H,20,22). The first-order valence-electron chi connectivity index (χ1n) is 7.47. The Kier molecular flexibility index (Phi) is 6.11. The molecule has 0 saturated heterocycles. The second-order valence-corrected chi connectivity index (χ2v) is 5.09. The molecule has 0 saturated carbocycles. The van der Waals surface area contributed by atoms with E-state index in [9.17, 15) is 14.4 Å². The molecule has 0 radical (unpaired) electrons. The van der Waals surface area contributed by atoms with Crippen LogP contribution in [-0.2, 0) is 14.3 Å². The van der Waals surface area contributed by atoms with Crippen molar-refractivity contribution in [1.29, 1.82) is 0 Å². The molecule has 0 aliphatic heterocycles. The fraction of sp³-hybridized carbons (Fsp3) is 0.167. The van der Waals surface area contributed by atoms with Gasteiger partial charge in [0.15, 0.2) is 6.61 Å². The summed E-state index contributed by atoms with van der Waals surface area (Å²) in [6.45, 7) is 0.948. The summed E-state index contributed by atoms with van der Waals surface area (Å²) in [4.78, 5) is 35.0. The third-order valence-electron chi connectivity index (χ3n) is 3.13. The summed E-state index contributed by atoms with van der Waals surface area (Å²) in [5.41, 5.74) is 1.27. The van der Waals surface area contributed by atoms with E-state index in [1.165, 1.54) is 14.0 Å². The van der Waals surface area contributed by atoms with E-state index in [4.69, 9.17) is 9.47 Å². The van der Waals surface area contributed by atoms with E-state index < -0.39 is 18.5 Å². The quantitative estimate of drug-likeness (QED) is 0.787. The molecule has 2 aromatic rings. The van der Waals surface area contributed by atoms with Gasteiger partial charge in [-0.15, -0.1) is 0 Å². The van der Waals surface area contributed by atoms with Crippen LogP contribution in [0.4, 0.5) is 11.4 Å². The molecule has 130 valence electrons. The number of carbonyl (C=O) groups is 3. The highest BCUT2D eigenvalue weighted by atomic mass is 16.5. The average molecular weight is 342 g/mol. The van der Waals surface area contributed by atoms with Gasteiger partial charge in [-0.25, -0.2) is 4.79 Å². The zero-order valence-electron chi connectivity index (χ0n) is 13.9. The first-order valence-corrected chi connectivity index (χ1v) is 7.47. The molecule has 0 aliphatic rings. The molecule has 0 bridgehead atoms. The lowest BCUT2D eigenvalue weighted by molar-refractivity contribution is -0.119. The molecule has 0 fully saturated rings. The molecule has 7 nitrogen and oxygen atoms in total. The van der Waals surface area contributed by atoms with Gasteiger partial charge in [0.05, 0.1) is 7.11 Å². The molecule has 2 N–H and O–H groups in total. The number of methoxy groups -OCH3 is 1. The SMILES string of the molecule is COc1ccccc1C(=O)OCC(=O)Nc1cccc(NC(C)=O)c1. The molecule has 25 heavy (non-hydrogen) atoms. The van der Waals surface area contributed by atoms with E-state index in [1.807, 2.05) is 0 Å². The van der Waals surface area contributed by atoms with Crippen LogP contribution in [0.25, 0.3) is 0 Å². The monoisotopic (exact) mass is 342 g/mol. The molecular formula is C18H18N2O5. The van der Waals surface area contributed by atoms with Crippen molar-refractivity contribution in [2.75, 3.05) is 24.4 Å². The lowest BCUT2D eigenvalue weighted by atomic mass is 10.2. The van der Waals surface area contributed by atoms with E-state index in [-0.39, 0.29) is 11.5 Å². The molecule has 0 heterocycles. The van der Waals surface area contributed by atoms with Gasteiger partial charge in [-0.1, -0.05) is 18.2 Å². The van der Waals surface area contributed by atoms with E-state index in [0.717, 1.165) is 0 Å². The van der Waals surface area contributed by atoms with Crippen molar-refractivity contribution >= 4 is 29.2 Å². The van der Waals surface area contributed by atoms with Crippen molar-refractivity contribution in [3.05, 3.63) is 54.1 Å². The van der Waals surface area contributed by atoms with Crippen molar-refractivity contribution in [2.24, 2.45) is 0 Å². The van der Waals surface area contributed by atoms with Crippen LogP contribution in [0.2, 0.25) is 0 Å². The van der Waals surface area contributed by atoms with E-state index in [2.05, 4.69) is 10.6 Å². The number of para-hydroxylation sites is 1. The summed E-state index contributed by atoms with van der Waals surface area (Å²) in [5, 5.41) is 5.21. The number of carbonyl (C=O) groups excluding carboxylic acids is 3. The molecule has 0 atom stereocenters. The van der Waals surface area contributed by atoms with Gasteiger partial charge in [0, 0.05) is 18.3 Å². The zero-order valence-corrected chi connectivity index (χ0v) is 13.9. The predicted octanol–water partition coefficient (Wildman–Crippen LogP) is 2.45. The lowest BCUT2D eigenvalue weighted by Crippen LogP contribution is -2.21. The van der Waals surface area contributed by atoms with Crippen molar-refractivity contribution < 1.29 is 23.9 Å². The maximum absolute atomic E-state index is 12.0. The Balaban J connectivity index is 1.92. The number of hydrogen-bond donors (Lipinski definition) is 2. The minimum atomic E-state index is -0.653. The Bertz CT molecular complexity index is 789. The molecule has 2 rings (SSSR count). The number of amides is 2. The van der Waals surface area contributed by atoms with Gasteiger partial charge < -0.3 is 20.1 Å². The Labute approximate surface area is 144 Å². The summed E-state index contributed by atoms with van der Waals surface area (Å²) in [7, 11) is 1.45. The maximum Gasteiger partial charge on any atom is 0.342 e. The fourth-order valence-corrected chi connectivity index (χ4v) is 2.10. The smallest absolute Gasteiger partial charge is 0.342 e. The number of hydrogen-bond acceptors (Lipinski definition) is 5. The van der Waals surface area contributed by atoms with Crippen LogP contribution in [0, 0.1) is 0 Å². The summed E-state index contributed by atoms with van der Waals surface area (Å²) in [6, 6.07) is 13.2. The lowest BCUT2D eigenvalue weighted by Gasteiger charge is -2.10. The molecule has 0 aliphatic carbocycles. The van der Waals surface area contributed by atoms with Gasteiger partial charge in [0.25, 0.3) is 5.91 Å². The minimum absolute atomic E-state index is 0.214. The third kappa shape index (κ3) is 5.35. The molecule has 2 amide bonds. The average Bonchev–Trinajstić information content (AvgIpc) is 2.59. The van der Waals surface area contributed by atoms with Gasteiger partial charge in [0.1, 0.15) is 11.3 Å². The van der Waals surface area contributed by atoms with E-state index >= 15 is 0 Å². The van der Waals surface area contributed by atoms with Gasteiger partial charge in [-0.05, 0) is 30.3 Å². The van der Waals surface area contributed by atoms with E-state index in [0.29, 0.717) is 17.1 Å². The Morgan fingerprint density at radius 2 is 1.64 bits per heavy atom.